The van der Waals surface area contributed by atoms with Crippen LogP contribution in [-0.2, 0) is 14.4 Å². The first kappa shape index (κ1) is 26.4. The van der Waals surface area contributed by atoms with Crippen LogP contribution in [0.4, 0.5) is 16.2 Å². The molecule has 1 fully saturated rings. The summed E-state index contributed by atoms with van der Waals surface area (Å²) in [4.78, 5) is 51.6. The van der Waals surface area contributed by atoms with E-state index >= 15 is 0 Å². The van der Waals surface area contributed by atoms with E-state index in [9.17, 15) is 19.2 Å². The van der Waals surface area contributed by atoms with Gasteiger partial charge in [-0.15, -0.1) is 0 Å². The number of rotatable bonds is 8. The molecule has 194 valence electrons. The molecule has 3 aromatic rings. The largest absolute Gasteiger partial charge is 0.490 e. The van der Waals surface area contributed by atoms with Gasteiger partial charge in [-0.05, 0) is 61.4 Å². The number of ether oxygens (including phenoxy) is 2. The Kier molecular flexibility index (Phi) is 8.08. The van der Waals surface area contributed by atoms with E-state index in [1.165, 1.54) is 18.2 Å². The highest BCUT2D eigenvalue weighted by Crippen LogP contribution is 2.37. The second-order valence-electron chi connectivity index (χ2n) is 8.21. The highest BCUT2D eigenvalue weighted by Gasteiger charge is 2.37. The number of aryl methyl sites for hydroxylation is 1. The molecule has 0 aliphatic carbocycles. The third-order valence-corrected chi connectivity index (χ3v) is 5.79. The average molecular weight is 534 g/mol. The van der Waals surface area contributed by atoms with Crippen LogP contribution in [0.5, 0.6) is 11.5 Å². The standard InChI is InChI=1S/C28H24ClN3O6/c1-3-37-23-15-18(14-21(29)25(23)38-16-24(33)30-19-10-5-4-6-11-19)13-20-26(34)31-28(36)32(27(20)35)22-12-8-7-9-17(22)2/h4-15H,3,16H2,1-2H3,(H,30,33)(H,31,34,36)/b20-13+. The number of nitrogens with one attached hydrogen (secondary N) is 2. The number of benzene rings is 3. The Morgan fingerprint density at radius 1 is 1.03 bits per heavy atom. The van der Waals surface area contributed by atoms with Gasteiger partial charge in [0.2, 0.25) is 0 Å². The molecule has 1 aliphatic heterocycles. The van der Waals surface area contributed by atoms with Crippen molar-refractivity contribution in [3.05, 3.63) is 88.5 Å². The number of anilines is 2. The number of barbiturate groups is 1. The predicted octanol–water partition coefficient (Wildman–Crippen LogP) is 4.73. The van der Waals surface area contributed by atoms with Crippen LogP contribution in [0.15, 0.2) is 72.3 Å². The lowest BCUT2D eigenvalue weighted by Gasteiger charge is -2.27. The fraction of sp³-hybridized carbons (Fsp3) is 0.143. The van der Waals surface area contributed by atoms with E-state index in [1.54, 1.807) is 62.4 Å². The Balaban J connectivity index is 1.60. The summed E-state index contributed by atoms with van der Waals surface area (Å²) in [6.45, 7) is 3.44. The topological polar surface area (TPSA) is 114 Å². The van der Waals surface area contributed by atoms with Gasteiger partial charge < -0.3 is 14.8 Å². The Hall–Kier alpha value is -4.63. The van der Waals surface area contributed by atoms with Crippen LogP contribution in [0.3, 0.4) is 0 Å². The van der Waals surface area contributed by atoms with E-state index in [-0.39, 0.29) is 35.3 Å². The SMILES string of the molecule is CCOc1cc(/C=C2\C(=O)NC(=O)N(c3ccccc3C)C2=O)cc(Cl)c1OCC(=O)Nc1ccccc1. The number of urea groups is 1. The van der Waals surface area contributed by atoms with Crippen LogP contribution in [0.2, 0.25) is 5.02 Å². The summed E-state index contributed by atoms with van der Waals surface area (Å²) >= 11 is 6.46. The van der Waals surface area contributed by atoms with Crippen molar-refractivity contribution >= 4 is 52.8 Å². The molecule has 0 saturated carbocycles. The smallest absolute Gasteiger partial charge is 0.335 e. The van der Waals surface area contributed by atoms with Crippen molar-refractivity contribution in [2.24, 2.45) is 0 Å². The molecule has 3 aromatic carbocycles. The van der Waals surface area contributed by atoms with Gasteiger partial charge >= 0.3 is 6.03 Å². The van der Waals surface area contributed by atoms with Crippen LogP contribution >= 0.6 is 11.6 Å². The number of hydrogen-bond acceptors (Lipinski definition) is 6. The van der Waals surface area contributed by atoms with Crippen LogP contribution in [0.25, 0.3) is 6.08 Å². The number of imide groups is 2. The molecule has 1 aliphatic rings. The summed E-state index contributed by atoms with van der Waals surface area (Å²) in [6.07, 6.45) is 1.32. The second-order valence-corrected chi connectivity index (χ2v) is 8.62. The zero-order chi connectivity index (χ0) is 27.2. The van der Waals surface area contributed by atoms with E-state index in [0.717, 1.165) is 4.90 Å². The van der Waals surface area contributed by atoms with Crippen molar-refractivity contribution in [1.29, 1.82) is 0 Å². The van der Waals surface area contributed by atoms with Crippen molar-refractivity contribution in [2.45, 2.75) is 13.8 Å². The summed E-state index contributed by atoms with van der Waals surface area (Å²) < 4.78 is 11.3. The van der Waals surface area contributed by atoms with Gasteiger partial charge in [-0.1, -0.05) is 48.0 Å². The lowest BCUT2D eigenvalue weighted by atomic mass is 10.1. The van der Waals surface area contributed by atoms with Crippen LogP contribution in [-0.4, -0.2) is 37.0 Å². The second kappa shape index (κ2) is 11.6. The summed E-state index contributed by atoms with van der Waals surface area (Å²) in [7, 11) is 0. The maximum atomic E-state index is 13.2. The number of hydrogen-bond donors (Lipinski definition) is 2. The van der Waals surface area contributed by atoms with Gasteiger partial charge in [-0.2, -0.15) is 0 Å². The van der Waals surface area contributed by atoms with Gasteiger partial charge in [0, 0.05) is 5.69 Å². The van der Waals surface area contributed by atoms with Gasteiger partial charge in [0.05, 0.1) is 17.3 Å². The molecular weight excluding hydrogens is 510 g/mol. The Bertz CT molecular complexity index is 1440. The highest BCUT2D eigenvalue weighted by molar-refractivity contribution is 6.39. The molecule has 0 bridgehead atoms. The highest BCUT2D eigenvalue weighted by atomic mass is 35.5. The summed E-state index contributed by atoms with van der Waals surface area (Å²) in [5, 5.41) is 5.01. The molecule has 1 heterocycles. The quantitative estimate of drug-likeness (QED) is 0.319. The fourth-order valence-corrected chi connectivity index (χ4v) is 4.06. The monoisotopic (exact) mass is 533 g/mol. The molecular formula is C28H24ClN3O6. The van der Waals surface area contributed by atoms with Crippen molar-refractivity contribution in [1.82, 2.24) is 5.32 Å². The minimum Gasteiger partial charge on any atom is -0.490 e. The molecule has 2 N–H and O–H groups in total. The number of carbonyl (C=O) groups excluding carboxylic acids is 4. The maximum Gasteiger partial charge on any atom is 0.335 e. The van der Waals surface area contributed by atoms with Gasteiger partial charge in [0.1, 0.15) is 5.57 Å². The molecule has 38 heavy (non-hydrogen) atoms. The predicted molar refractivity (Wildman–Crippen MR) is 143 cm³/mol. The number of para-hydroxylation sites is 2. The fourth-order valence-electron chi connectivity index (χ4n) is 3.79. The third kappa shape index (κ3) is 5.84. The van der Waals surface area contributed by atoms with Crippen molar-refractivity contribution < 1.29 is 28.7 Å². The lowest BCUT2D eigenvalue weighted by molar-refractivity contribution is -0.122. The van der Waals surface area contributed by atoms with E-state index in [0.29, 0.717) is 22.5 Å². The zero-order valence-corrected chi connectivity index (χ0v) is 21.4. The number of carbonyl (C=O) groups is 4. The molecule has 0 radical (unpaired) electrons. The lowest BCUT2D eigenvalue weighted by Crippen LogP contribution is -2.54. The van der Waals surface area contributed by atoms with Gasteiger partial charge in [-0.3, -0.25) is 19.7 Å². The van der Waals surface area contributed by atoms with Crippen LogP contribution < -0.4 is 25.0 Å². The molecule has 0 aromatic heterocycles. The minimum atomic E-state index is -0.836. The first-order chi connectivity index (χ1) is 18.3. The Morgan fingerprint density at radius 3 is 2.45 bits per heavy atom. The molecule has 5 amide bonds. The maximum absolute atomic E-state index is 13.2. The molecule has 0 spiro atoms. The summed E-state index contributed by atoms with van der Waals surface area (Å²) in [5.74, 6) is -1.66. The number of nitrogens with zero attached hydrogens (tertiary/aromatic N) is 1. The van der Waals surface area contributed by atoms with Crippen molar-refractivity contribution in [3.8, 4) is 11.5 Å². The molecule has 10 heteroatoms. The van der Waals surface area contributed by atoms with E-state index in [2.05, 4.69) is 10.6 Å². The van der Waals surface area contributed by atoms with E-state index < -0.39 is 23.8 Å². The van der Waals surface area contributed by atoms with E-state index in [4.69, 9.17) is 21.1 Å². The van der Waals surface area contributed by atoms with Crippen molar-refractivity contribution in [3.63, 3.8) is 0 Å². The molecule has 0 unspecified atom stereocenters. The van der Waals surface area contributed by atoms with Crippen LogP contribution in [0.1, 0.15) is 18.1 Å². The van der Waals surface area contributed by atoms with Crippen molar-refractivity contribution in [2.75, 3.05) is 23.4 Å². The van der Waals surface area contributed by atoms with Crippen LogP contribution in [0, 0.1) is 6.92 Å². The van der Waals surface area contributed by atoms with Gasteiger partial charge in [0.15, 0.2) is 18.1 Å². The zero-order valence-electron chi connectivity index (χ0n) is 20.6. The Labute approximate surface area is 224 Å². The molecule has 1 saturated heterocycles. The summed E-state index contributed by atoms with van der Waals surface area (Å²) in [6, 6.07) is 17.9. The summed E-state index contributed by atoms with van der Waals surface area (Å²) in [5.41, 5.74) is 1.76. The van der Waals surface area contributed by atoms with Gasteiger partial charge in [-0.25, -0.2) is 9.69 Å². The minimum absolute atomic E-state index is 0.103. The normalized spacial score (nSPS) is 14.3. The molecule has 0 atom stereocenters. The molecule has 4 rings (SSSR count). The van der Waals surface area contributed by atoms with Gasteiger partial charge in [0.25, 0.3) is 17.7 Å². The number of halogens is 1. The molecule has 9 nitrogen and oxygen atoms in total. The first-order valence-corrected chi connectivity index (χ1v) is 12.1. The third-order valence-electron chi connectivity index (χ3n) is 5.51. The average Bonchev–Trinajstić information content (AvgIpc) is 2.88. The first-order valence-electron chi connectivity index (χ1n) is 11.7. The number of amides is 5. The van der Waals surface area contributed by atoms with E-state index in [1.807, 2.05) is 6.07 Å². The Morgan fingerprint density at radius 2 is 1.74 bits per heavy atom.